The summed E-state index contributed by atoms with van der Waals surface area (Å²) in [6.45, 7) is 3.28. The largest absolute Gasteiger partial charge is 0.380 e. The van der Waals surface area contributed by atoms with E-state index in [0.29, 0.717) is 0 Å². The predicted molar refractivity (Wildman–Crippen MR) is 44.6 cm³/mol. The first-order valence-corrected chi connectivity index (χ1v) is 4.33. The van der Waals surface area contributed by atoms with Crippen LogP contribution in [-0.4, -0.2) is 37.7 Å². The van der Waals surface area contributed by atoms with Crippen molar-refractivity contribution in [2.45, 2.75) is 18.9 Å². The van der Waals surface area contributed by atoms with E-state index in [2.05, 4.69) is 11.0 Å². The molecule has 2 heterocycles. The van der Waals surface area contributed by atoms with E-state index >= 15 is 0 Å². The van der Waals surface area contributed by atoms with Gasteiger partial charge in [-0.25, -0.2) is 0 Å². The van der Waals surface area contributed by atoms with Crippen molar-refractivity contribution in [2.24, 2.45) is 0 Å². The van der Waals surface area contributed by atoms with Gasteiger partial charge in [-0.1, -0.05) is 6.08 Å². The third-order valence-corrected chi connectivity index (χ3v) is 2.69. The minimum Gasteiger partial charge on any atom is -0.380 e. The Bertz CT molecular complexity index is 176. The molecule has 0 saturated carbocycles. The molecule has 0 spiro atoms. The van der Waals surface area contributed by atoms with Crippen LogP contribution < -0.4 is 0 Å². The van der Waals surface area contributed by atoms with E-state index in [1.165, 1.54) is 25.0 Å². The van der Waals surface area contributed by atoms with Gasteiger partial charge < -0.3 is 4.74 Å². The van der Waals surface area contributed by atoms with E-state index in [0.717, 1.165) is 19.2 Å². The van der Waals surface area contributed by atoms with Crippen LogP contribution in [0.4, 0.5) is 0 Å². The Morgan fingerprint density at radius 3 is 3.45 bits per heavy atom. The molecule has 2 rings (SSSR count). The SMILES string of the molecule is COCC1=CCN2CCC[C@@H]12. The number of hydrogen-bond donors (Lipinski definition) is 0. The zero-order valence-electron chi connectivity index (χ0n) is 7.05. The summed E-state index contributed by atoms with van der Waals surface area (Å²) < 4.78 is 5.14. The predicted octanol–water partition coefficient (Wildman–Crippen LogP) is 1.04. The van der Waals surface area contributed by atoms with Gasteiger partial charge in [-0.05, 0) is 25.0 Å². The third-order valence-electron chi connectivity index (χ3n) is 2.69. The Morgan fingerprint density at radius 2 is 2.64 bits per heavy atom. The highest BCUT2D eigenvalue weighted by atomic mass is 16.5. The normalized spacial score (nSPS) is 30.6. The van der Waals surface area contributed by atoms with E-state index in [9.17, 15) is 0 Å². The summed E-state index contributed by atoms with van der Waals surface area (Å²) in [5.74, 6) is 0. The van der Waals surface area contributed by atoms with Gasteiger partial charge in [0.05, 0.1) is 6.61 Å². The molecule has 0 amide bonds. The van der Waals surface area contributed by atoms with Crippen LogP contribution in [0, 0.1) is 0 Å². The molecule has 0 bridgehead atoms. The van der Waals surface area contributed by atoms with Crippen LogP contribution in [-0.2, 0) is 4.74 Å². The summed E-state index contributed by atoms with van der Waals surface area (Å²) >= 11 is 0. The fourth-order valence-electron chi connectivity index (χ4n) is 2.16. The molecule has 2 nitrogen and oxygen atoms in total. The molecule has 11 heavy (non-hydrogen) atoms. The van der Waals surface area contributed by atoms with Crippen molar-refractivity contribution < 1.29 is 4.74 Å². The molecule has 2 heteroatoms. The minimum atomic E-state index is 0.731. The average molecular weight is 153 g/mol. The maximum Gasteiger partial charge on any atom is 0.0688 e. The van der Waals surface area contributed by atoms with E-state index in [1.54, 1.807) is 7.11 Å². The van der Waals surface area contributed by atoms with Crippen LogP contribution in [0.1, 0.15) is 12.8 Å². The Hall–Kier alpha value is -0.340. The zero-order valence-corrected chi connectivity index (χ0v) is 7.05. The molecule has 0 aromatic carbocycles. The summed E-state index contributed by atoms with van der Waals surface area (Å²) in [7, 11) is 1.78. The molecule has 1 atom stereocenters. The maximum absolute atomic E-state index is 5.14. The lowest BCUT2D eigenvalue weighted by atomic mass is 10.1. The lowest BCUT2D eigenvalue weighted by Gasteiger charge is -2.17. The van der Waals surface area contributed by atoms with Crippen molar-refractivity contribution in [3.05, 3.63) is 11.6 Å². The van der Waals surface area contributed by atoms with E-state index < -0.39 is 0 Å². The standard InChI is InChI=1S/C9H15NO/c1-11-7-8-4-6-10-5-2-3-9(8)10/h4,9H,2-3,5-7H2,1H3/t9-/m0/s1. The van der Waals surface area contributed by atoms with Crippen LogP contribution >= 0.6 is 0 Å². The quantitative estimate of drug-likeness (QED) is 0.549. The summed E-state index contributed by atoms with van der Waals surface area (Å²) in [6.07, 6.45) is 5.04. The monoisotopic (exact) mass is 153 g/mol. The van der Waals surface area contributed by atoms with Gasteiger partial charge in [-0.2, -0.15) is 0 Å². The van der Waals surface area contributed by atoms with Gasteiger partial charge in [0.25, 0.3) is 0 Å². The Kier molecular flexibility index (Phi) is 1.96. The molecule has 2 aliphatic rings. The first-order chi connectivity index (χ1) is 5.42. The molecule has 1 saturated heterocycles. The number of nitrogens with zero attached hydrogens (tertiary/aromatic N) is 1. The van der Waals surface area contributed by atoms with Gasteiger partial charge in [0.2, 0.25) is 0 Å². The lowest BCUT2D eigenvalue weighted by molar-refractivity contribution is 0.212. The molecule has 0 radical (unpaired) electrons. The Morgan fingerprint density at radius 1 is 1.73 bits per heavy atom. The highest BCUT2D eigenvalue weighted by Crippen LogP contribution is 2.28. The van der Waals surface area contributed by atoms with Gasteiger partial charge >= 0.3 is 0 Å². The molecule has 1 fully saturated rings. The average Bonchev–Trinajstić information content (AvgIpc) is 2.53. The number of methoxy groups -OCH3 is 1. The zero-order chi connectivity index (χ0) is 7.68. The molecule has 0 aliphatic carbocycles. The Balaban J connectivity index is 2.00. The maximum atomic E-state index is 5.14. The van der Waals surface area contributed by atoms with Crippen molar-refractivity contribution in [3.63, 3.8) is 0 Å². The molecule has 0 unspecified atom stereocenters. The van der Waals surface area contributed by atoms with Crippen molar-refractivity contribution in [1.29, 1.82) is 0 Å². The van der Waals surface area contributed by atoms with E-state index in [1.807, 2.05) is 0 Å². The Labute approximate surface area is 67.8 Å². The van der Waals surface area contributed by atoms with Crippen molar-refractivity contribution >= 4 is 0 Å². The van der Waals surface area contributed by atoms with Crippen LogP contribution in [0.5, 0.6) is 0 Å². The fraction of sp³-hybridized carbons (Fsp3) is 0.778. The van der Waals surface area contributed by atoms with Gasteiger partial charge in [0, 0.05) is 19.7 Å². The smallest absolute Gasteiger partial charge is 0.0688 e. The molecular formula is C9H15NO. The molecule has 0 aromatic rings. The van der Waals surface area contributed by atoms with Crippen LogP contribution in [0.25, 0.3) is 0 Å². The molecule has 0 aromatic heterocycles. The lowest BCUT2D eigenvalue weighted by Crippen LogP contribution is -2.25. The first kappa shape index (κ1) is 7.32. The number of hydrogen-bond acceptors (Lipinski definition) is 2. The van der Waals surface area contributed by atoms with E-state index in [-0.39, 0.29) is 0 Å². The van der Waals surface area contributed by atoms with Crippen LogP contribution in [0.2, 0.25) is 0 Å². The van der Waals surface area contributed by atoms with Gasteiger partial charge in [0.15, 0.2) is 0 Å². The van der Waals surface area contributed by atoms with Crippen LogP contribution in [0.15, 0.2) is 11.6 Å². The highest BCUT2D eigenvalue weighted by Gasteiger charge is 2.30. The molecule has 0 N–H and O–H groups in total. The van der Waals surface area contributed by atoms with Crippen molar-refractivity contribution in [2.75, 3.05) is 26.8 Å². The van der Waals surface area contributed by atoms with Crippen LogP contribution in [0.3, 0.4) is 0 Å². The van der Waals surface area contributed by atoms with Crippen molar-refractivity contribution in [1.82, 2.24) is 4.90 Å². The second-order valence-corrected chi connectivity index (χ2v) is 3.37. The minimum absolute atomic E-state index is 0.731. The number of fused-ring (bicyclic) bond motifs is 1. The van der Waals surface area contributed by atoms with Gasteiger partial charge in [0.1, 0.15) is 0 Å². The third kappa shape index (κ3) is 1.21. The van der Waals surface area contributed by atoms with Gasteiger partial charge in [-0.3, -0.25) is 4.90 Å². The molecular weight excluding hydrogens is 138 g/mol. The van der Waals surface area contributed by atoms with Crippen molar-refractivity contribution in [3.8, 4) is 0 Å². The van der Waals surface area contributed by atoms with E-state index in [4.69, 9.17) is 4.74 Å². The summed E-state index contributed by atoms with van der Waals surface area (Å²) in [5.41, 5.74) is 1.50. The summed E-state index contributed by atoms with van der Waals surface area (Å²) in [5, 5.41) is 0. The molecule has 62 valence electrons. The number of ether oxygens (including phenoxy) is 1. The molecule has 2 aliphatic heterocycles. The fourth-order valence-corrected chi connectivity index (χ4v) is 2.16. The topological polar surface area (TPSA) is 12.5 Å². The highest BCUT2D eigenvalue weighted by molar-refractivity contribution is 5.20. The summed E-state index contributed by atoms with van der Waals surface area (Å²) in [6, 6.07) is 0.731. The summed E-state index contributed by atoms with van der Waals surface area (Å²) in [4.78, 5) is 2.54. The number of rotatable bonds is 2. The second-order valence-electron chi connectivity index (χ2n) is 3.37. The first-order valence-electron chi connectivity index (χ1n) is 4.33. The van der Waals surface area contributed by atoms with Gasteiger partial charge in [-0.15, -0.1) is 0 Å². The second kappa shape index (κ2) is 2.95.